The molecule has 5 aromatic carbocycles. The second kappa shape index (κ2) is 16.4. The summed E-state index contributed by atoms with van der Waals surface area (Å²) in [5, 5.41) is 14.9. The van der Waals surface area contributed by atoms with Crippen LogP contribution in [0.15, 0.2) is 125 Å². The molecule has 2 heterocycles. The molecule has 0 aliphatic carbocycles. The Bertz CT molecular complexity index is 2340. The van der Waals surface area contributed by atoms with Crippen molar-refractivity contribution in [2.75, 3.05) is 42.1 Å². The number of nitro benzene ring substituents is 1. The number of alkyl halides is 3. The minimum atomic E-state index is -4.44. The molecule has 0 spiro atoms. The zero-order valence-corrected chi connectivity index (χ0v) is 31.7. The van der Waals surface area contributed by atoms with Crippen LogP contribution in [0.2, 0.25) is 0 Å². The third-order valence-electron chi connectivity index (χ3n) is 10.0. The molecule has 56 heavy (non-hydrogen) atoms. The molecule has 5 aromatic rings. The number of rotatable bonds is 12. The molecule has 1 fully saturated rings. The first-order valence-corrected chi connectivity index (χ1v) is 20.5. The van der Waals surface area contributed by atoms with Crippen LogP contribution in [0.4, 0.5) is 30.2 Å². The third kappa shape index (κ3) is 8.85. The molecule has 2 aliphatic rings. The van der Waals surface area contributed by atoms with Gasteiger partial charge in [0, 0.05) is 66.7 Å². The minimum absolute atomic E-state index is 0.160. The van der Waals surface area contributed by atoms with Gasteiger partial charge in [-0.25, -0.2) is 13.1 Å². The summed E-state index contributed by atoms with van der Waals surface area (Å²) in [5.74, 6) is -0.213. The zero-order chi connectivity index (χ0) is 39.5. The van der Waals surface area contributed by atoms with Gasteiger partial charge in [0.05, 0.1) is 15.4 Å². The molecule has 0 aromatic heterocycles. The minimum Gasteiger partial charge on any atom is -0.379 e. The Balaban J connectivity index is 0.974. The van der Waals surface area contributed by atoms with E-state index in [4.69, 9.17) is 0 Å². The highest BCUT2D eigenvalue weighted by molar-refractivity contribution is 7.99. The summed E-state index contributed by atoms with van der Waals surface area (Å²) in [5.41, 5.74) is 3.77. The van der Waals surface area contributed by atoms with Crippen LogP contribution in [0.5, 0.6) is 0 Å². The molecule has 290 valence electrons. The predicted molar refractivity (Wildman–Crippen MR) is 211 cm³/mol. The van der Waals surface area contributed by atoms with Crippen molar-refractivity contribution < 1.29 is 31.3 Å². The zero-order valence-electron chi connectivity index (χ0n) is 30.0. The average molecular weight is 802 g/mol. The molecular weight excluding hydrogens is 764 g/mol. The molecule has 0 unspecified atom stereocenters. The highest BCUT2D eigenvalue weighted by atomic mass is 32.2. The lowest BCUT2D eigenvalue weighted by molar-refractivity contribution is -0.384. The molecule has 1 amide bonds. The first kappa shape index (κ1) is 38.9. The Labute approximate surface area is 326 Å². The Kier molecular flexibility index (Phi) is 11.4. The number of carbonyl (C=O) groups is 1. The van der Waals surface area contributed by atoms with E-state index < -0.39 is 43.2 Å². The van der Waals surface area contributed by atoms with Crippen LogP contribution < -0.4 is 14.9 Å². The largest absolute Gasteiger partial charge is 0.416 e. The van der Waals surface area contributed by atoms with Gasteiger partial charge in [0.1, 0.15) is 5.69 Å². The fourth-order valence-electron chi connectivity index (χ4n) is 7.27. The standard InChI is InChI=1S/C41H38F3N5O5S2/c42-41(43,44)32-14-10-28(11-15-32)36-9-5-4-6-31(36)26-47-21-22-48-33(27-47)16-12-29-24-30(13-19-38(29)48)40(50)46-56(53,54)35-17-18-37(39(25-35)49(51)52)45-20-23-55-34-7-2-1-3-8-34/h1-11,13-15,17-19,24-25,33,45H,12,16,20-23,26-27H2,(H,46,50)/t33-/m0/s1. The van der Waals surface area contributed by atoms with E-state index in [-0.39, 0.29) is 17.3 Å². The first-order chi connectivity index (χ1) is 26.9. The lowest BCUT2D eigenvalue weighted by atomic mass is 9.92. The molecular formula is C41H38F3N5O5S2. The number of amides is 1. The number of nitro groups is 1. The first-order valence-electron chi connectivity index (χ1n) is 18.0. The van der Waals surface area contributed by atoms with Gasteiger partial charge in [-0.3, -0.25) is 19.8 Å². The third-order valence-corrected chi connectivity index (χ3v) is 12.4. The summed E-state index contributed by atoms with van der Waals surface area (Å²) in [6, 6.07) is 31.5. The van der Waals surface area contributed by atoms with E-state index in [1.165, 1.54) is 24.3 Å². The van der Waals surface area contributed by atoms with Crippen molar-refractivity contribution in [2.45, 2.75) is 41.4 Å². The molecule has 2 N–H and O–H groups in total. The number of anilines is 2. The van der Waals surface area contributed by atoms with E-state index in [1.54, 1.807) is 23.9 Å². The van der Waals surface area contributed by atoms with Gasteiger partial charge in [-0.15, -0.1) is 11.8 Å². The topological polar surface area (TPSA) is 125 Å². The van der Waals surface area contributed by atoms with Gasteiger partial charge in [0.15, 0.2) is 0 Å². The number of sulfonamides is 1. The lowest BCUT2D eigenvalue weighted by Crippen LogP contribution is -2.54. The molecule has 0 saturated carbocycles. The van der Waals surface area contributed by atoms with Crippen molar-refractivity contribution in [1.29, 1.82) is 0 Å². The van der Waals surface area contributed by atoms with Crippen molar-refractivity contribution in [2.24, 2.45) is 0 Å². The van der Waals surface area contributed by atoms with E-state index in [9.17, 15) is 36.5 Å². The summed E-state index contributed by atoms with van der Waals surface area (Å²) in [7, 11) is -4.44. The maximum atomic E-state index is 13.3. The van der Waals surface area contributed by atoms with E-state index in [1.807, 2.05) is 60.7 Å². The van der Waals surface area contributed by atoms with Crippen LogP contribution in [-0.4, -0.2) is 62.1 Å². The molecule has 0 bridgehead atoms. The highest BCUT2D eigenvalue weighted by Crippen LogP contribution is 2.36. The highest BCUT2D eigenvalue weighted by Gasteiger charge is 2.33. The molecule has 1 atom stereocenters. The number of halogens is 3. The number of hydrogen-bond acceptors (Lipinski definition) is 9. The maximum absolute atomic E-state index is 13.3. The normalized spacial score (nSPS) is 15.8. The Hall–Kier alpha value is -5.38. The molecule has 2 aliphatic heterocycles. The average Bonchev–Trinajstić information content (AvgIpc) is 3.19. The number of thioether (sulfide) groups is 1. The van der Waals surface area contributed by atoms with Gasteiger partial charge in [-0.05, 0) is 89.7 Å². The van der Waals surface area contributed by atoms with Crippen LogP contribution >= 0.6 is 11.8 Å². The van der Waals surface area contributed by atoms with Gasteiger partial charge in [0.25, 0.3) is 21.6 Å². The fourth-order valence-corrected chi connectivity index (χ4v) is 9.05. The second-order valence-electron chi connectivity index (χ2n) is 13.7. The van der Waals surface area contributed by atoms with E-state index in [0.29, 0.717) is 25.3 Å². The lowest BCUT2D eigenvalue weighted by Gasteiger charge is -2.46. The molecule has 1 saturated heterocycles. The van der Waals surface area contributed by atoms with Crippen molar-refractivity contribution in [3.63, 3.8) is 0 Å². The Morgan fingerprint density at radius 3 is 2.41 bits per heavy atom. The number of piperazine rings is 1. The summed E-state index contributed by atoms with van der Waals surface area (Å²) in [6.07, 6.45) is -2.92. The van der Waals surface area contributed by atoms with Crippen molar-refractivity contribution in [3.05, 3.63) is 148 Å². The number of hydrogen-bond donors (Lipinski definition) is 2. The van der Waals surface area contributed by atoms with Gasteiger partial charge >= 0.3 is 6.18 Å². The van der Waals surface area contributed by atoms with Crippen LogP contribution in [0, 0.1) is 10.1 Å². The van der Waals surface area contributed by atoms with E-state index >= 15 is 0 Å². The fraction of sp³-hybridized carbons (Fsp3) is 0.244. The molecule has 0 radical (unpaired) electrons. The summed E-state index contributed by atoms with van der Waals surface area (Å²) in [4.78, 5) is 29.8. The SMILES string of the molecule is O=C(NS(=O)(=O)c1ccc(NCCSc2ccccc2)c([N+](=O)[O-])c1)c1ccc2c(c1)CC[C@H]1CN(Cc3ccccc3-c3ccc(C(F)(F)F)cc3)CCN21. The predicted octanol–water partition coefficient (Wildman–Crippen LogP) is 8.24. The molecule has 15 heteroatoms. The van der Waals surface area contributed by atoms with Crippen molar-refractivity contribution in [3.8, 4) is 11.1 Å². The second-order valence-corrected chi connectivity index (χ2v) is 16.5. The Morgan fingerprint density at radius 2 is 1.66 bits per heavy atom. The monoisotopic (exact) mass is 801 g/mol. The van der Waals surface area contributed by atoms with Crippen molar-refractivity contribution >= 4 is 44.8 Å². The smallest absolute Gasteiger partial charge is 0.379 e. The van der Waals surface area contributed by atoms with Crippen molar-refractivity contribution in [1.82, 2.24) is 9.62 Å². The van der Waals surface area contributed by atoms with Crippen LogP contribution in [0.25, 0.3) is 11.1 Å². The number of nitrogens with one attached hydrogen (secondary N) is 2. The van der Waals surface area contributed by atoms with Crippen LogP contribution in [0.3, 0.4) is 0 Å². The van der Waals surface area contributed by atoms with E-state index in [2.05, 4.69) is 19.8 Å². The van der Waals surface area contributed by atoms with Gasteiger partial charge in [0.2, 0.25) is 0 Å². The van der Waals surface area contributed by atoms with Gasteiger partial charge in [-0.1, -0.05) is 54.6 Å². The number of nitrogens with zero attached hydrogens (tertiary/aromatic N) is 3. The van der Waals surface area contributed by atoms with Crippen LogP contribution in [0.1, 0.15) is 33.5 Å². The van der Waals surface area contributed by atoms with Gasteiger partial charge in [-0.2, -0.15) is 13.2 Å². The Morgan fingerprint density at radius 1 is 0.911 bits per heavy atom. The quantitative estimate of drug-likeness (QED) is 0.0556. The number of aryl methyl sites for hydroxylation is 1. The number of carbonyl (C=O) groups excluding carboxylic acids is 1. The number of fused-ring (bicyclic) bond motifs is 3. The summed E-state index contributed by atoms with van der Waals surface area (Å²) >= 11 is 1.58. The van der Waals surface area contributed by atoms with Crippen LogP contribution in [-0.2, 0) is 29.2 Å². The number of benzene rings is 5. The summed E-state index contributed by atoms with van der Waals surface area (Å²) in [6.45, 7) is 3.27. The molecule has 7 rings (SSSR count). The maximum Gasteiger partial charge on any atom is 0.416 e. The summed E-state index contributed by atoms with van der Waals surface area (Å²) < 4.78 is 68.1. The van der Waals surface area contributed by atoms with Gasteiger partial charge < -0.3 is 10.2 Å². The van der Waals surface area contributed by atoms with E-state index in [0.717, 1.165) is 77.1 Å². The molecule has 10 nitrogen and oxygen atoms in total.